The minimum absolute atomic E-state index is 0.0978. The SMILES string of the molecule is COc1cc(CCC(=O)N(Cc2ccc(F)cc2)C2CC2)cc(OC)c1OC. The highest BCUT2D eigenvalue weighted by atomic mass is 19.1. The van der Waals surface area contributed by atoms with Crippen molar-refractivity contribution in [2.24, 2.45) is 0 Å². The molecule has 1 fully saturated rings. The summed E-state index contributed by atoms with van der Waals surface area (Å²) in [5.41, 5.74) is 1.88. The van der Waals surface area contributed by atoms with Gasteiger partial charge in [0.05, 0.1) is 21.3 Å². The first-order valence-corrected chi connectivity index (χ1v) is 9.38. The number of amides is 1. The molecule has 0 radical (unpaired) electrons. The molecule has 1 aliphatic rings. The van der Waals surface area contributed by atoms with Gasteiger partial charge in [-0.3, -0.25) is 4.79 Å². The van der Waals surface area contributed by atoms with Crippen LogP contribution < -0.4 is 14.2 Å². The van der Waals surface area contributed by atoms with E-state index < -0.39 is 0 Å². The van der Waals surface area contributed by atoms with Gasteiger partial charge in [0.25, 0.3) is 0 Å². The molecule has 150 valence electrons. The molecule has 0 unspecified atom stereocenters. The van der Waals surface area contributed by atoms with E-state index in [0.29, 0.717) is 36.6 Å². The topological polar surface area (TPSA) is 48.0 Å². The first kappa shape index (κ1) is 20.0. The number of benzene rings is 2. The van der Waals surface area contributed by atoms with E-state index in [1.165, 1.54) is 12.1 Å². The summed E-state index contributed by atoms with van der Waals surface area (Å²) >= 11 is 0. The van der Waals surface area contributed by atoms with E-state index in [-0.39, 0.29) is 17.8 Å². The van der Waals surface area contributed by atoms with Crippen LogP contribution in [0, 0.1) is 5.82 Å². The van der Waals surface area contributed by atoms with Crippen LogP contribution in [0.4, 0.5) is 4.39 Å². The molecule has 0 N–H and O–H groups in total. The Labute approximate surface area is 165 Å². The van der Waals surface area contributed by atoms with Crippen LogP contribution in [0.2, 0.25) is 0 Å². The van der Waals surface area contributed by atoms with Crippen molar-refractivity contribution in [2.75, 3.05) is 21.3 Å². The molecule has 0 atom stereocenters. The second kappa shape index (κ2) is 8.95. The number of carbonyl (C=O) groups excluding carboxylic acids is 1. The van der Waals surface area contributed by atoms with Crippen LogP contribution in [0.25, 0.3) is 0 Å². The Morgan fingerprint density at radius 2 is 1.61 bits per heavy atom. The highest BCUT2D eigenvalue weighted by Crippen LogP contribution is 2.38. The molecule has 1 saturated carbocycles. The standard InChI is InChI=1S/C22H26FNO4/c1-26-19-12-16(13-20(27-2)22(19)28-3)6-11-21(25)24(18-9-10-18)14-15-4-7-17(23)8-5-15/h4-5,7-8,12-13,18H,6,9-11,14H2,1-3H3. The molecule has 2 aromatic carbocycles. The molecule has 0 heterocycles. The van der Waals surface area contributed by atoms with Crippen molar-refractivity contribution in [3.63, 3.8) is 0 Å². The number of rotatable bonds is 9. The molecule has 3 rings (SSSR count). The monoisotopic (exact) mass is 387 g/mol. The largest absolute Gasteiger partial charge is 0.493 e. The van der Waals surface area contributed by atoms with Gasteiger partial charge in [-0.25, -0.2) is 4.39 Å². The van der Waals surface area contributed by atoms with Gasteiger partial charge < -0.3 is 19.1 Å². The van der Waals surface area contributed by atoms with Gasteiger partial charge in [0.2, 0.25) is 11.7 Å². The summed E-state index contributed by atoms with van der Waals surface area (Å²) in [6, 6.07) is 10.4. The number of methoxy groups -OCH3 is 3. The zero-order chi connectivity index (χ0) is 20.1. The Morgan fingerprint density at radius 1 is 1.00 bits per heavy atom. The molecule has 28 heavy (non-hydrogen) atoms. The molecule has 0 aromatic heterocycles. The van der Waals surface area contributed by atoms with E-state index in [2.05, 4.69) is 0 Å². The van der Waals surface area contributed by atoms with Crippen LogP contribution in [-0.2, 0) is 17.8 Å². The Kier molecular flexibility index (Phi) is 6.39. The van der Waals surface area contributed by atoms with E-state index in [1.54, 1.807) is 33.5 Å². The number of hydrogen-bond acceptors (Lipinski definition) is 4. The quantitative estimate of drug-likeness (QED) is 0.653. The lowest BCUT2D eigenvalue weighted by atomic mass is 10.1. The molecule has 0 bridgehead atoms. The first-order chi connectivity index (χ1) is 13.5. The molecule has 0 spiro atoms. The highest BCUT2D eigenvalue weighted by molar-refractivity contribution is 5.77. The van der Waals surface area contributed by atoms with Crippen molar-refractivity contribution in [3.8, 4) is 17.2 Å². The minimum atomic E-state index is -0.268. The van der Waals surface area contributed by atoms with Crippen LogP contribution >= 0.6 is 0 Å². The summed E-state index contributed by atoms with van der Waals surface area (Å²) in [6.07, 6.45) is 3.01. The number of hydrogen-bond donors (Lipinski definition) is 0. The number of nitrogens with zero attached hydrogens (tertiary/aromatic N) is 1. The fraction of sp³-hybridized carbons (Fsp3) is 0.409. The average molecular weight is 387 g/mol. The second-order valence-electron chi connectivity index (χ2n) is 6.91. The van der Waals surface area contributed by atoms with Gasteiger partial charge >= 0.3 is 0 Å². The normalized spacial score (nSPS) is 13.1. The van der Waals surface area contributed by atoms with Gasteiger partial charge in [0, 0.05) is 19.0 Å². The van der Waals surface area contributed by atoms with Gasteiger partial charge in [-0.05, 0) is 54.7 Å². The van der Waals surface area contributed by atoms with Crippen molar-refractivity contribution in [2.45, 2.75) is 38.3 Å². The summed E-state index contributed by atoms with van der Waals surface area (Å²) in [6.45, 7) is 0.513. The Bertz CT molecular complexity index is 793. The zero-order valence-corrected chi connectivity index (χ0v) is 16.5. The number of ether oxygens (including phenoxy) is 3. The molecule has 0 saturated heterocycles. The van der Waals surface area contributed by atoms with E-state index in [9.17, 15) is 9.18 Å². The van der Waals surface area contributed by atoms with Gasteiger partial charge in [-0.15, -0.1) is 0 Å². The van der Waals surface area contributed by atoms with Crippen molar-refractivity contribution in [1.29, 1.82) is 0 Å². The fourth-order valence-electron chi connectivity index (χ4n) is 3.27. The predicted octanol–water partition coefficient (Wildman–Crippen LogP) is 3.98. The summed E-state index contributed by atoms with van der Waals surface area (Å²) in [7, 11) is 4.71. The van der Waals surface area contributed by atoms with Gasteiger partial charge in [-0.2, -0.15) is 0 Å². The van der Waals surface area contributed by atoms with Crippen LogP contribution in [-0.4, -0.2) is 38.2 Å². The van der Waals surface area contributed by atoms with Crippen LogP contribution in [0.15, 0.2) is 36.4 Å². The molecule has 1 aliphatic carbocycles. The minimum Gasteiger partial charge on any atom is -0.493 e. The lowest BCUT2D eigenvalue weighted by Gasteiger charge is -2.23. The van der Waals surface area contributed by atoms with Crippen molar-refractivity contribution >= 4 is 5.91 Å². The average Bonchev–Trinajstić information content (AvgIpc) is 3.55. The third-order valence-corrected chi connectivity index (χ3v) is 4.93. The van der Waals surface area contributed by atoms with Gasteiger partial charge in [0.15, 0.2) is 11.5 Å². The lowest BCUT2D eigenvalue weighted by Crippen LogP contribution is -2.32. The second-order valence-corrected chi connectivity index (χ2v) is 6.91. The van der Waals surface area contributed by atoms with E-state index in [0.717, 1.165) is 24.0 Å². The third-order valence-electron chi connectivity index (χ3n) is 4.93. The van der Waals surface area contributed by atoms with E-state index >= 15 is 0 Å². The maximum absolute atomic E-state index is 13.1. The van der Waals surface area contributed by atoms with Gasteiger partial charge in [0.1, 0.15) is 5.82 Å². The van der Waals surface area contributed by atoms with Crippen LogP contribution in [0.5, 0.6) is 17.2 Å². The van der Waals surface area contributed by atoms with Crippen molar-refractivity contribution in [1.82, 2.24) is 4.90 Å². The lowest BCUT2D eigenvalue weighted by molar-refractivity contribution is -0.132. The Balaban J connectivity index is 1.68. The number of carbonyl (C=O) groups is 1. The predicted molar refractivity (Wildman–Crippen MR) is 104 cm³/mol. The molecule has 6 heteroatoms. The Morgan fingerprint density at radius 3 is 2.11 bits per heavy atom. The molecule has 0 aliphatic heterocycles. The highest BCUT2D eigenvalue weighted by Gasteiger charge is 2.32. The molecular formula is C22H26FNO4. The summed E-state index contributed by atoms with van der Waals surface area (Å²) in [5, 5.41) is 0. The Hall–Kier alpha value is -2.76. The van der Waals surface area contributed by atoms with Gasteiger partial charge in [-0.1, -0.05) is 12.1 Å². The summed E-state index contributed by atoms with van der Waals surface area (Å²) in [4.78, 5) is 14.8. The molecular weight excluding hydrogens is 361 g/mol. The van der Waals surface area contributed by atoms with Crippen molar-refractivity contribution < 1.29 is 23.4 Å². The number of aryl methyl sites for hydroxylation is 1. The smallest absolute Gasteiger partial charge is 0.223 e. The van der Waals surface area contributed by atoms with E-state index in [4.69, 9.17) is 14.2 Å². The molecule has 5 nitrogen and oxygen atoms in total. The maximum Gasteiger partial charge on any atom is 0.223 e. The van der Waals surface area contributed by atoms with Crippen LogP contribution in [0.1, 0.15) is 30.4 Å². The zero-order valence-electron chi connectivity index (χ0n) is 16.5. The fourth-order valence-corrected chi connectivity index (χ4v) is 3.27. The summed E-state index contributed by atoms with van der Waals surface area (Å²) in [5.74, 6) is 1.52. The summed E-state index contributed by atoms with van der Waals surface area (Å²) < 4.78 is 29.2. The first-order valence-electron chi connectivity index (χ1n) is 9.38. The third kappa shape index (κ3) is 4.74. The van der Waals surface area contributed by atoms with Crippen molar-refractivity contribution in [3.05, 3.63) is 53.3 Å². The number of halogens is 1. The molecule has 1 amide bonds. The van der Waals surface area contributed by atoms with Crippen LogP contribution in [0.3, 0.4) is 0 Å². The van der Waals surface area contributed by atoms with E-state index in [1.807, 2.05) is 17.0 Å². The maximum atomic E-state index is 13.1. The molecule has 2 aromatic rings.